The molecule has 1 aromatic rings. The maximum absolute atomic E-state index is 11.5. The summed E-state index contributed by atoms with van der Waals surface area (Å²) in [6.45, 7) is 6.26. The topological polar surface area (TPSA) is 65.5 Å². The van der Waals surface area contributed by atoms with Crippen LogP contribution in [0, 0.1) is 0 Å². The van der Waals surface area contributed by atoms with Gasteiger partial charge in [-0.15, -0.1) is 0 Å². The average molecular weight is 298 g/mol. The highest BCUT2D eigenvalue weighted by atomic mass is 32.2. The summed E-state index contributed by atoms with van der Waals surface area (Å²) >= 11 is 0. The zero-order chi connectivity index (χ0) is 14.6. The average Bonchev–Trinajstić information content (AvgIpc) is 2.45. The Morgan fingerprint density at radius 2 is 2.00 bits per heavy atom. The van der Waals surface area contributed by atoms with Gasteiger partial charge in [0.15, 0.2) is 0 Å². The zero-order valence-electron chi connectivity index (χ0n) is 12.0. The van der Waals surface area contributed by atoms with Crippen molar-refractivity contribution in [1.82, 2.24) is 14.6 Å². The largest absolute Gasteiger partial charge is 0.354 e. The summed E-state index contributed by atoms with van der Waals surface area (Å²) in [6.07, 6.45) is 3.07. The molecule has 0 spiro atoms. The van der Waals surface area contributed by atoms with E-state index in [0.717, 1.165) is 18.9 Å². The van der Waals surface area contributed by atoms with Gasteiger partial charge in [0.25, 0.3) is 0 Å². The van der Waals surface area contributed by atoms with Crippen molar-refractivity contribution in [2.24, 2.45) is 0 Å². The van der Waals surface area contributed by atoms with E-state index < -0.39 is 10.0 Å². The lowest BCUT2D eigenvalue weighted by Gasteiger charge is -2.34. The van der Waals surface area contributed by atoms with E-state index >= 15 is 0 Å². The van der Waals surface area contributed by atoms with Gasteiger partial charge in [-0.2, -0.15) is 4.31 Å². The van der Waals surface area contributed by atoms with E-state index in [2.05, 4.69) is 28.2 Å². The Morgan fingerprint density at radius 1 is 1.30 bits per heavy atom. The number of nitrogens with zero attached hydrogens (tertiary/aromatic N) is 3. The number of nitrogens with one attached hydrogen (secondary N) is 1. The minimum Gasteiger partial charge on any atom is -0.354 e. The fourth-order valence-electron chi connectivity index (χ4n) is 2.26. The second kappa shape index (κ2) is 6.51. The molecule has 0 saturated carbocycles. The van der Waals surface area contributed by atoms with Crippen LogP contribution in [0.1, 0.15) is 12.5 Å². The van der Waals surface area contributed by atoms with Gasteiger partial charge in [0.1, 0.15) is 5.82 Å². The molecule has 0 atom stereocenters. The van der Waals surface area contributed by atoms with Crippen LogP contribution in [0.15, 0.2) is 18.3 Å². The third kappa shape index (κ3) is 3.91. The maximum atomic E-state index is 11.5. The molecule has 1 aromatic heterocycles. The minimum atomic E-state index is -3.08. The molecule has 7 heteroatoms. The number of hydrogen-bond donors (Lipinski definition) is 1. The standard InChI is InChI=1S/C13H22N4O2S/c1-3-14-11-12-4-5-15-13(10-12)16-6-8-17(9-7-16)20(2,18)19/h4-5,10,14H,3,6-9,11H2,1-2H3. The number of pyridine rings is 1. The number of piperazine rings is 1. The molecule has 0 aromatic carbocycles. The molecule has 1 fully saturated rings. The number of hydrogen-bond acceptors (Lipinski definition) is 5. The predicted octanol–water partition coefficient (Wildman–Crippen LogP) is 0.273. The first kappa shape index (κ1) is 15.2. The van der Waals surface area contributed by atoms with Crippen molar-refractivity contribution in [2.75, 3.05) is 43.9 Å². The summed E-state index contributed by atoms with van der Waals surface area (Å²) in [5.41, 5.74) is 1.20. The summed E-state index contributed by atoms with van der Waals surface area (Å²) < 4.78 is 24.5. The van der Waals surface area contributed by atoms with Crippen LogP contribution >= 0.6 is 0 Å². The smallest absolute Gasteiger partial charge is 0.211 e. The van der Waals surface area contributed by atoms with Crippen molar-refractivity contribution in [3.05, 3.63) is 23.9 Å². The van der Waals surface area contributed by atoms with Crippen LogP contribution in [-0.4, -0.2) is 56.7 Å². The molecule has 2 rings (SSSR count). The van der Waals surface area contributed by atoms with Crippen LogP contribution in [0.4, 0.5) is 5.82 Å². The van der Waals surface area contributed by atoms with Crippen LogP contribution in [0.25, 0.3) is 0 Å². The van der Waals surface area contributed by atoms with Crippen LogP contribution in [-0.2, 0) is 16.6 Å². The van der Waals surface area contributed by atoms with E-state index in [0.29, 0.717) is 26.2 Å². The molecule has 1 aliphatic heterocycles. The van der Waals surface area contributed by atoms with Gasteiger partial charge < -0.3 is 10.2 Å². The summed E-state index contributed by atoms with van der Waals surface area (Å²) in [6, 6.07) is 4.07. The monoisotopic (exact) mass is 298 g/mol. The van der Waals surface area contributed by atoms with Gasteiger partial charge in [-0.3, -0.25) is 0 Å². The quantitative estimate of drug-likeness (QED) is 0.845. The Kier molecular flexibility index (Phi) is 4.95. The Bertz CT molecular complexity index is 539. The van der Waals surface area contributed by atoms with Gasteiger partial charge >= 0.3 is 0 Å². The molecule has 0 amide bonds. The fourth-order valence-corrected chi connectivity index (χ4v) is 3.09. The molecular weight excluding hydrogens is 276 g/mol. The van der Waals surface area contributed by atoms with Gasteiger partial charge in [0.2, 0.25) is 10.0 Å². The van der Waals surface area contributed by atoms with E-state index in [-0.39, 0.29) is 0 Å². The number of rotatable bonds is 5. The zero-order valence-corrected chi connectivity index (χ0v) is 12.9. The molecule has 2 heterocycles. The first-order chi connectivity index (χ1) is 9.50. The third-order valence-electron chi connectivity index (χ3n) is 3.42. The summed E-state index contributed by atoms with van der Waals surface area (Å²) in [4.78, 5) is 6.52. The van der Waals surface area contributed by atoms with Crippen molar-refractivity contribution in [1.29, 1.82) is 0 Å². The SMILES string of the molecule is CCNCc1ccnc(N2CCN(S(C)(=O)=O)CC2)c1. The van der Waals surface area contributed by atoms with E-state index in [1.807, 2.05) is 12.3 Å². The van der Waals surface area contributed by atoms with Crippen molar-refractivity contribution < 1.29 is 8.42 Å². The second-order valence-electron chi connectivity index (χ2n) is 4.95. The van der Waals surface area contributed by atoms with Crippen molar-refractivity contribution in [3.63, 3.8) is 0 Å². The number of sulfonamides is 1. The Labute approximate surface area is 120 Å². The van der Waals surface area contributed by atoms with Crippen molar-refractivity contribution in [3.8, 4) is 0 Å². The molecule has 1 aliphatic rings. The van der Waals surface area contributed by atoms with E-state index in [1.165, 1.54) is 16.1 Å². The summed E-state index contributed by atoms with van der Waals surface area (Å²) in [5.74, 6) is 0.925. The predicted molar refractivity (Wildman–Crippen MR) is 80.2 cm³/mol. The van der Waals surface area contributed by atoms with Crippen molar-refractivity contribution >= 4 is 15.8 Å². The van der Waals surface area contributed by atoms with Gasteiger partial charge in [-0.1, -0.05) is 6.92 Å². The lowest BCUT2D eigenvalue weighted by Crippen LogP contribution is -2.48. The molecular formula is C13H22N4O2S. The maximum Gasteiger partial charge on any atom is 0.211 e. The summed E-state index contributed by atoms with van der Waals surface area (Å²) in [5, 5.41) is 3.29. The second-order valence-corrected chi connectivity index (χ2v) is 6.93. The lowest BCUT2D eigenvalue weighted by atomic mass is 10.2. The minimum absolute atomic E-state index is 0.526. The Hall–Kier alpha value is -1.18. The highest BCUT2D eigenvalue weighted by molar-refractivity contribution is 7.88. The van der Waals surface area contributed by atoms with Gasteiger partial charge in [-0.05, 0) is 24.2 Å². The molecule has 6 nitrogen and oxygen atoms in total. The van der Waals surface area contributed by atoms with Crippen LogP contribution in [0.5, 0.6) is 0 Å². The Morgan fingerprint density at radius 3 is 2.60 bits per heavy atom. The van der Waals surface area contributed by atoms with Crippen molar-refractivity contribution in [2.45, 2.75) is 13.5 Å². The third-order valence-corrected chi connectivity index (χ3v) is 4.72. The van der Waals surface area contributed by atoms with E-state index in [1.54, 1.807) is 0 Å². The number of anilines is 1. The van der Waals surface area contributed by atoms with Crippen LogP contribution < -0.4 is 10.2 Å². The molecule has 1 N–H and O–H groups in total. The molecule has 20 heavy (non-hydrogen) atoms. The summed E-state index contributed by atoms with van der Waals surface area (Å²) in [7, 11) is -3.08. The van der Waals surface area contributed by atoms with Crippen LogP contribution in [0.2, 0.25) is 0 Å². The normalized spacial score (nSPS) is 17.4. The van der Waals surface area contributed by atoms with E-state index in [4.69, 9.17) is 0 Å². The Balaban J connectivity index is 2.00. The molecule has 0 unspecified atom stereocenters. The lowest BCUT2D eigenvalue weighted by molar-refractivity contribution is 0.387. The fraction of sp³-hybridized carbons (Fsp3) is 0.615. The van der Waals surface area contributed by atoms with Gasteiger partial charge in [0.05, 0.1) is 6.26 Å². The van der Waals surface area contributed by atoms with E-state index in [9.17, 15) is 8.42 Å². The molecule has 0 aliphatic carbocycles. The highest BCUT2D eigenvalue weighted by Crippen LogP contribution is 2.16. The molecule has 0 radical (unpaired) electrons. The molecule has 112 valence electrons. The van der Waals surface area contributed by atoms with Gasteiger partial charge in [-0.25, -0.2) is 13.4 Å². The van der Waals surface area contributed by atoms with Gasteiger partial charge in [0, 0.05) is 38.9 Å². The highest BCUT2D eigenvalue weighted by Gasteiger charge is 2.23. The number of aromatic nitrogens is 1. The first-order valence-electron chi connectivity index (χ1n) is 6.86. The molecule has 0 bridgehead atoms. The van der Waals surface area contributed by atoms with Crippen LogP contribution in [0.3, 0.4) is 0 Å². The molecule has 1 saturated heterocycles. The first-order valence-corrected chi connectivity index (χ1v) is 8.71.